The summed E-state index contributed by atoms with van der Waals surface area (Å²) in [7, 11) is 4.07. The van der Waals surface area contributed by atoms with Gasteiger partial charge in [-0.25, -0.2) is 9.97 Å². The van der Waals surface area contributed by atoms with Gasteiger partial charge in [-0.1, -0.05) is 25.4 Å². The Morgan fingerprint density at radius 2 is 2.00 bits per heavy atom. The molecule has 0 unspecified atom stereocenters. The number of imidazole rings is 1. The minimum atomic E-state index is 0.443. The molecule has 0 radical (unpaired) electrons. The Balaban J connectivity index is 1.55. The lowest BCUT2D eigenvalue weighted by Gasteiger charge is -2.13. The second-order valence-electron chi connectivity index (χ2n) is 8.44. The molecule has 3 aromatic heterocycles. The zero-order chi connectivity index (χ0) is 22.0. The second kappa shape index (κ2) is 9.12. The van der Waals surface area contributed by atoms with E-state index in [0.717, 1.165) is 34.7 Å². The predicted octanol–water partition coefficient (Wildman–Crippen LogP) is 5.56. The molecule has 4 aromatic rings. The number of pyridine rings is 1. The van der Waals surface area contributed by atoms with Crippen LogP contribution in [0.3, 0.4) is 0 Å². The molecule has 0 aliphatic heterocycles. The molecule has 0 atom stereocenters. The number of rotatable bonds is 8. The summed E-state index contributed by atoms with van der Waals surface area (Å²) in [5.41, 5.74) is 3.69. The summed E-state index contributed by atoms with van der Waals surface area (Å²) in [6.07, 6.45) is 2.44. The Kier molecular flexibility index (Phi) is 6.30. The van der Waals surface area contributed by atoms with Gasteiger partial charge in [0.05, 0.1) is 12.1 Å². The van der Waals surface area contributed by atoms with Crippen molar-refractivity contribution in [3.8, 4) is 17.3 Å². The molecule has 0 aliphatic carbocycles. The number of ether oxygens (including phenoxy) is 1. The van der Waals surface area contributed by atoms with Gasteiger partial charge in [0.25, 0.3) is 0 Å². The zero-order valence-corrected chi connectivity index (χ0v) is 19.0. The van der Waals surface area contributed by atoms with Gasteiger partial charge < -0.3 is 19.0 Å². The van der Waals surface area contributed by atoms with Gasteiger partial charge in [-0.3, -0.25) is 0 Å². The van der Waals surface area contributed by atoms with E-state index in [1.807, 2.05) is 50.6 Å². The number of H-pyrrole nitrogens is 1. The number of fused-ring (bicyclic) bond motifs is 1. The Morgan fingerprint density at radius 3 is 2.77 bits per heavy atom. The van der Waals surface area contributed by atoms with Crippen molar-refractivity contribution in [1.82, 2.24) is 19.9 Å². The highest BCUT2D eigenvalue weighted by molar-refractivity contribution is 6.30. The first-order valence-electron chi connectivity index (χ1n) is 10.4. The lowest BCUT2D eigenvalue weighted by molar-refractivity contribution is 0.268. The predicted molar refractivity (Wildman–Crippen MR) is 124 cm³/mol. The molecule has 0 fully saturated rings. The summed E-state index contributed by atoms with van der Waals surface area (Å²) in [6, 6.07) is 11.7. The van der Waals surface area contributed by atoms with Crippen molar-refractivity contribution in [1.29, 1.82) is 0 Å². The lowest BCUT2D eigenvalue weighted by Crippen LogP contribution is -2.10. The van der Waals surface area contributed by atoms with Gasteiger partial charge in [-0.15, -0.1) is 0 Å². The van der Waals surface area contributed by atoms with Crippen LogP contribution in [0.15, 0.2) is 47.0 Å². The highest BCUT2D eigenvalue weighted by atomic mass is 35.5. The van der Waals surface area contributed by atoms with Gasteiger partial charge in [0.2, 0.25) is 0 Å². The van der Waals surface area contributed by atoms with Gasteiger partial charge in [0, 0.05) is 29.7 Å². The number of nitrogens with one attached hydrogen (secondary N) is 1. The van der Waals surface area contributed by atoms with E-state index in [1.54, 1.807) is 0 Å². The molecule has 0 spiro atoms. The van der Waals surface area contributed by atoms with Crippen LogP contribution in [0.2, 0.25) is 5.02 Å². The van der Waals surface area contributed by atoms with Gasteiger partial charge in [-0.2, -0.15) is 0 Å². The molecule has 6 nitrogen and oxygen atoms in total. The van der Waals surface area contributed by atoms with E-state index >= 15 is 0 Å². The lowest BCUT2D eigenvalue weighted by atomic mass is 10.1. The number of aromatic amines is 1. The summed E-state index contributed by atoms with van der Waals surface area (Å²) in [5.74, 6) is 3.43. The Hall–Kier alpha value is -2.83. The molecule has 1 aromatic carbocycles. The van der Waals surface area contributed by atoms with Crippen LogP contribution in [0.25, 0.3) is 22.7 Å². The first kappa shape index (κ1) is 21.4. The summed E-state index contributed by atoms with van der Waals surface area (Å²) in [6.45, 7) is 5.73. The number of furan rings is 1. The molecule has 0 amide bonds. The number of nitrogens with zero attached hydrogens (tertiary/aromatic N) is 3. The van der Waals surface area contributed by atoms with Crippen molar-refractivity contribution >= 4 is 22.8 Å². The third-order valence-corrected chi connectivity index (χ3v) is 4.98. The SMILES string of the molecule is CC(C)COc1ccc(Cl)cc1Cc1ccc(-c2nc3ncc(CN(C)C)cc3[nH]2)o1. The zero-order valence-electron chi connectivity index (χ0n) is 18.3. The van der Waals surface area contributed by atoms with Crippen LogP contribution in [0.5, 0.6) is 5.75 Å². The normalized spacial score (nSPS) is 11.7. The van der Waals surface area contributed by atoms with Crippen LogP contribution < -0.4 is 4.74 Å². The maximum Gasteiger partial charge on any atom is 0.178 e. The summed E-state index contributed by atoms with van der Waals surface area (Å²) in [4.78, 5) is 14.5. The summed E-state index contributed by atoms with van der Waals surface area (Å²) in [5, 5.41) is 0.676. The topological polar surface area (TPSA) is 67.2 Å². The van der Waals surface area contributed by atoms with Crippen molar-refractivity contribution < 1.29 is 9.15 Å². The average Bonchev–Trinajstić information content (AvgIpc) is 3.33. The third-order valence-electron chi connectivity index (χ3n) is 4.75. The fourth-order valence-electron chi connectivity index (χ4n) is 3.38. The molecule has 7 heteroatoms. The van der Waals surface area contributed by atoms with Gasteiger partial charge in [0.15, 0.2) is 17.2 Å². The van der Waals surface area contributed by atoms with E-state index in [2.05, 4.69) is 39.8 Å². The monoisotopic (exact) mass is 438 g/mol. The van der Waals surface area contributed by atoms with Crippen LogP contribution in [0.1, 0.15) is 30.7 Å². The molecule has 0 saturated carbocycles. The molecular weight excluding hydrogens is 412 g/mol. The molecule has 4 rings (SSSR count). The quantitative estimate of drug-likeness (QED) is 0.390. The van der Waals surface area contributed by atoms with Crippen LogP contribution in [0.4, 0.5) is 0 Å². The summed E-state index contributed by atoms with van der Waals surface area (Å²) < 4.78 is 12.1. The maximum absolute atomic E-state index is 6.23. The first-order chi connectivity index (χ1) is 14.9. The number of hydrogen-bond acceptors (Lipinski definition) is 5. The van der Waals surface area contributed by atoms with E-state index in [1.165, 1.54) is 0 Å². The molecule has 0 aliphatic rings. The molecule has 3 heterocycles. The molecule has 0 bridgehead atoms. The number of aromatic nitrogens is 3. The van der Waals surface area contributed by atoms with Crippen molar-refractivity contribution in [2.75, 3.05) is 20.7 Å². The Morgan fingerprint density at radius 1 is 1.16 bits per heavy atom. The maximum atomic E-state index is 6.23. The summed E-state index contributed by atoms with van der Waals surface area (Å²) >= 11 is 6.23. The number of hydrogen-bond donors (Lipinski definition) is 1. The van der Waals surface area contributed by atoms with Gasteiger partial charge in [0.1, 0.15) is 11.5 Å². The standard InChI is InChI=1S/C24H27ClN4O2/c1-15(2)14-30-21-7-5-18(25)10-17(21)11-19-6-8-22(31-19)24-27-20-9-16(13-29(3)4)12-26-23(20)28-24/h5-10,12,15H,11,13-14H2,1-4H3,(H,26,27,28). The first-order valence-corrected chi connectivity index (χ1v) is 10.7. The van der Waals surface area contributed by atoms with Crippen LogP contribution in [-0.2, 0) is 13.0 Å². The van der Waals surface area contributed by atoms with Crippen LogP contribution in [-0.4, -0.2) is 40.6 Å². The van der Waals surface area contributed by atoms with Crippen molar-refractivity contribution in [2.24, 2.45) is 5.92 Å². The van der Waals surface area contributed by atoms with Gasteiger partial charge in [-0.05, 0) is 62.0 Å². The molecule has 31 heavy (non-hydrogen) atoms. The molecule has 1 N–H and O–H groups in total. The fourth-order valence-corrected chi connectivity index (χ4v) is 3.58. The van der Waals surface area contributed by atoms with E-state index in [9.17, 15) is 0 Å². The highest BCUT2D eigenvalue weighted by Crippen LogP contribution is 2.29. The van der Waals surface area contributed by atoms with Gasteiger partial charge >= 0.3 is 0 Å². The van der Waals surface area contributed by atoms with E-state index < -0.39 is 0 Å². The molecular formula is C24H27ClN4O2. The van der Waals surface area contributed by atoms with Crippen molar-refractivity contribution in [3.63, 3.8) is 0 Å². The van der Waals surface area contributed by atoms with E-state index in [0.29, 0.717) is 41.2 Å². The average molecular weight is 439 g/mol. The minimum absolute atomic E-state index is 0.443. The van der Waals surface area contributed by atoms with E-state index in [4.69, 9.17) is 20.8 Å². The Labute approximate surface area is 187 Å². The molecule has 162 valence electrons. The largest absolute Gasteiger partial charge is 0.493 e. The second-order valence-corrected chi connectivity index (χ2v) is 8.87. The van der Waals surface area contributed by atoms with Crippen molar-refractivity contribution in [3.05, 3.63) is 64.5 Å². The number of benzene rings is 1. The smallest absolute Gasteiger partial charge is 0.178 e. The fraction of sp³-hybridized carbons (Fsp3) is 0.333. The van der Waals surface area contributed by atoms with E-state index in [-0.39, 0.29) is 0 Å². The molecule has 0 saturated heterocycles. The third kappa shape index (κ3) is 5.27. The van der Waals surface area contributed by atoms with Crippen molar-refractivity contribution in [2.45, 2.75) is 26.8 Å². The Bertz CT molecular complexity index is 1180. The number of halogens is 1. The van der Waals surface area contributed by atoms with Crippen LogP contribution in [0, 0.1) is 5.92 Å². The minimum Gasteiger partial charge on any atom is -0.493 e. The highest BCUT2D eigenvalue weighted by Gasteiger charge is 2.14. The van der Waals surface area contributed by atoms with Crippen LogP contribution >= 0.6 is 11.6 Å².